The Balaban J connectivity index is 2.99. The summed E-state index contributed by atoms with van der Waals surface area (Å²) in [7, 11) is 1.73. The molecule has 1 unspecified atom stereocenters. The first-order valence-electron chi connectivity index (χ1n) is 7.01. The SMILES string of the molecule is CC(CN(C)C(=O)c1ccccc1C(C)(C)C)/C(N)=N/O. The molecule has 5 heteroatoms. The molecule has 1 rings (SSSR count). The first-order valence-corrected chi connectivity index (χ1v) is 7.01. The van der Waals surface area contributed by atoms with Gasteiger partial charge in [0.15, 0.2) is 0 Å². The van der Waals surface area contributed by atoms with Crippen molar-refractivity contribution in [3.63, 3.8) is 0 Å². The van der Waals surface area contributed by atoms with Crippen LogP contribution in [0.3, 0.4) is 0 Å². The van der Waals surface area contributed by atoms with Gasteiger partial charge in [0.05, 0.1) is 0 Å². The van der Waals surface area contributed by atoms with Crippen LogP contribution in [0.5, 0.6) is 0 Å². The lowest BCUT2D eigenvalue weighted by Crippen LogP contribution is -2.37. The van der Waals surface area contributed by atoms with E-state index in [1.165, 1.54) is 0 Å². The first kappa shape index (κ1) is 17.0. The number of hydrogen-bond acceptors (Lipinski definition) is 3. The molecule has 0 bridgehead atoms. The molecule has 116 valence electrons. The number of amidine groups is 1. The van der Waals surface area contributed by atoms with Gasteiger partial charge in [0.25, 0.3) is 5.91 Å². The Morgan fingerprint density at radius 1 is 1.38 bits per heavy atom. The van der Waals surface area contributed by atoms with E-state index in [1.54, 1.807) is 11.9 Å². The van der Waals surface area contributed by atoms with E-state index in [2.05, 4.69) is 25.9 Å². The lowest BCUT2D eigenvalue weighted by molar-refractivity contribution is 0.0783. The summed E-state index contributed by atoms with van der Waals surface area (Å²) in [5.41, 5.74) is 7.16. The maximum atomic E-state index is 12.6. The first-order chi connectivity index (χ1) is 9.68. The molecule has 3 N–H and O–H groups in total. The van der Waals surface area contributed by atoms with Crippen molar-refractivity contribution in [2.24, 2.45) is 16.8 Å². The highest BCUT2D eigenvalue weighted by Gasteiger charge is 2.24. The van der Waals surface area contributed by atoms with Gasteiger partial charge in [-0.3, -0.25) is 4.79 Å². The molecule has 1 aromatic carbocycles. The molecule has 0 radical (unpaired) electrons. The molecule has 0 heterocycles. The third-order valence-electron chi connectivity index (χ3n) is 3.48. The van der Waals surface area contributed by atoms with E-state index in [4.69, 9.17) is 10.9 Å². The summed E-state index contributed by atoms with van der Waals surface area (Å²) < 4.78 is 0. The predicted molar refractivity (Wildman–Crippen MR) is 84.7 cm³/mol. The van der Waals surface area contributed by atoms with E-state index in [-0.39, 0.29) is 23.1 Å². The molecule has 0 aliphatic rings. The Labute approximate surface area is 126 Å². The zero-order valence-electron chi connectivity index (χ0n) is 13.4. The zero-order chi connectivity index (χ0) is 16.2. The van der Waals surface area contributed by atoms with Crippen LogP contribution in [0.2, 0.25) is 0 Å². The molecular formula is C16H25N3O2. The third-order valence-corrected chi connectivity index (χ3v) is 3.48. The average molecular weight is 291 g/mol. The van der Waals surface area contributed by atoms with Crippen LogP contribution in [0.25, 0.3) is 0 Å². The molecule has 0 saturated carbocycles. The number of nitrogens with zero attached hydrogens (tertiary/aromatic N) is 2. The van der Waals surface area contributed by atoms with Crippen molar-refractivity contribution in [2.75, 3.05) is 13.6 Å². The van der Waals surface area contributed by atoms with Crippen LogP contribution in [0, 0.1) is 5.92 Å². The highest BCUT2D eigenvalue weighted by Crippen LogP contribution is 2.26. The summed E-state index contributed by atoms with van der Waals surface area (Å²) in [6.07, 6.45) is 0. The third kappa shape index (κ3) is 4.21. The number of hydrogen-bond donors (Lipinski definition) is 2. The topological polar surface area (TPSA) is 78.9 Å². The molecule has 0 spiro atoms. The van der Waals surface area contributed by atoms with Gasteiger partial charge in [-0.05, 0) is 17.0 Å². The van der Waals surface area contributed by atoms with Gasteiger partial charge in [-0.15, -0.1) is 0 Å². The minimum Gasteiger partial charge on any atom is -0.409 e. The number of amides is 1. The van der Waals surface area contributed by atoms with Crippen LogP contribution >= 0.6 is 0 Å². The second kappa shape index (κ2) is 6.61. The van der Waals surface area contributed by atoms with Gasteiger partial charge in [0.1, 0.15) is 5.84 Å². The molecule has 0 saturated heterocycles. The van der Waals surface area contributed by atoms with Gasteiger partial charge < -0.3 is 15.8 Å². The summed E-state index contributed by atoms with van der Waals surface area (Å²) in [6, 6.07) is 7.63. The Hall–Kier alpha value is -2.04. The molecule has 1 aromatic rings. The molecule has 1 amide bonds. The van der Waals surface area contributed by atoms with Crippen molar-refractivity contribution < 1.29 is 10.0 Å². The molecule has 0 aliphatic heterocycles. The molecule has 0 fully saturated rings. The lowest BCUT2D eigenvalue weighted by atomic mass is 9.83. The predicted octanol–water partition coefficient (Wildman–Crippen LogP) is 2.44. The van der Waals surface area contributed by atoms with Crippen LogP contribution in [-0.2, 0) is 5.41 Å². The Kier molecular flexibility index (Phi) is 5.35. The number of oxime groups is 1. The van der Waals surface area contributed by atoms with Crippen LogP contribution in [-0.4, -0.2) is 35.4 Å². The van der Waals surface area contributed by atoms with E-state index in [9.17, 15) is 4.79 Å². The standard InChI is InChI=1S/C16H25N3O2/c1-11(14(17)18-21)10-19(5)15(20)12-8-6-7-9-13(12)16(2,3)4/h6-9,11,21H,10H2,1-5H3,(H2,17,18). The molecule has 0 aliphatic carbocycles. The zero-order valence-corrected chi connectivity index (χ0v) is 13.4. The number of rotatable bonds is 4. The van der Waals surface area contributed by atoms with Crippen molar-refractivity contribution in [1.82, 2.24) is 4.90 Å². The number of nitrogens with two attached hydrogens (primary N) is 1. The molecule has 0 aromatic heterocycles. The van der Waals surface area contributed by atoms with Gasteiger partial charge in [-0.25, -0.2) is 0 Å². The monoisotopic (exact) mass is 291 g/mol. The minimum atomic E-state index is -0.203. The van der Waals surface area contributed by atoms with Crippen LogP contribution in [0.1, 0.15) is 43.6 Å². The average Bonchev–Trinajstić information content (AvgIpc) is 2.44. The summed E-state index contributed by atoms with van der Waals surface area (Å²) >= 11 is 0. The molecule has 5 nitrogen and oxygen atoms in total. The second-order valence-electron chi connectivity index (χ2n) is 6.41. The summed E-state index contributed by atoms with van der Waals surface area (Å²) in [5.74, 6) is -0.136. The number of carbonyl (C=O) groups is 1. The normalized spacial score (nSPS) is 13.9. The van der Waals surface area contributed by atoms with Gasteiger partial charge in [0, 0.05) is 25.1 Å². The highest BCUT2D eigenvalue weighted by atomic mass is 16.4. The minimum absolute atomic E-state index is 0.0573. The maximum absolute atomic E-state index is 12.6. The second-order valence-corrected chi connectivity index (χ2v) is 6.41. The van der Waals surface area contributed by atoms with Gasteiger partial charge in [-0.1, -0.05) is 51.0 Å². The van der Waals surface area contributed by atoms with E-state index < -0.39 is 0 Å². The highest BCUT2D eigenvalue weighted by molar-refractivity contribution is 5.96. The van der Waals surface area contributed by atoms with Crippen LogP contribution in [0.4, 0.5) is 0 Å². The molecular weight excluding hydrogens is 266 g/mol. The van der Waals surface area contributed by atoms with Gasteiger partial charge in [-0.2, -0.15) is 0 Å². The summed E-state index contributed by atoms with van der Waals surface area (Å²) in [6.45, 7) is 8.45. The molecule has 1 atom stereocenters. The van der Waals surface area contributed by atoms with Crippen molar-refractivity contribution in [3.8, 4) is 0 Å². The van der Waals surface area contributed by atoms with E-state index >= 15 is 0 Å². The Morgan fingerprint density at radius 2 is 1.95 bits per heavy atom. The van der Waals surface area contributed by atoms with Crippen molar-refractivity contribution >= 4 is 11.7 Å². The van der Waals surface area contributed by atoms with Crippen LogP contribution in [0.15, 0.2) is 29.4 Å². The van der Waals surface area contributed by atoms with Gasteiger partial charge >= 0.3 is 0 Å². The fraction of sp³-hybridized carbons (Fsp3) is 0.500. The Bertz CT molecular complexity index is 533. The fourth-order valence-corrected chi connectivity index (χ4v) is 2.22. The van der Waals surface area contributed by atoms with Crippen molar-refractivity contribution in [1.29, 1.82) is 0 Å². The largest absolute Gasteiger partial charge is 0.409 e. The van der Waals surface area contributed by atoms with E-state index in [1.807, 2.05) is 31.2 Å². The van der Waals surface area contributed by atoms with Gasteiger partial charge in [0.2, 0.25) is 0 Å². The summed E-state index contributed by atoms with van der Waals surface area (Å²) in [4.78, 5) is 14.2. The lowest BCUT2D eigenvalue weighted by Gasteiger charge is -2.26. The van der Waals surface area contributed by atoms with Crippen LogP contribution < -0.4 is 5.73 Å². The maximum Gasteiger partial charge on any atom is 0.253 e. The molecule has 21 heavy (non-hydrogen) atoms. The Morgan fingerprint density at radius 3 is 2.48 bits per heavy atom. The number of benzene rings is 1. The van der Waals surface area contributed by atoms with Crippen molar-refractivity contribution in [2.45, 2.75) is 33.1 Å². The summed E-state index contributed by atoms with van der Waals surface area (Å²) in [5, 5.41) is 11.7. The quantitative estimate of drug-likeness (QED) is 0.387. The van der Waals surface area contributed by atoms with E-state index in [0.717, 1.165) is 5.56 Å². The van der Waals surface area contributed by atoms with Crippen molar-refractivity contribution in [3.05, 3.63) is 35.4 Å². The number of carbonyl (C=O) groups excluding carboxylic acids is 1. The van der Waals surface area contributed by atoms with E-state index in [0.29, 0.717) is 12.1 Å². The smallest absolute Gasteiger partial charge is 0.253 e. The fourth-order valence-electron chi connectivity index (χ4n) is 2.22.